The molecule has 0 unspecified atom stereocenters. The van der Waals surface area contributed by atoms with Gasteiger partial charge in [-0.2, -0.15) is 0 Å². The Morgan fingerprint density at radius 2 is 2.04 bits per heavy atom. The lowest BCUT2D eigenvalue weighted by atomic mass is 9.99. The van der Waals surface area contributed by atoms with Crippen molar-refractivity contribution < 1.29 is 4.79 Å². The van der Waals surface area contributed by atoms with Gasteiger partial charge in [-0.15, -0.1) is 0 Å². The third-order valence-electron chi connectivity index (χ3n) is 5.51. The maximum absolute atomic E-state index is 12.6. The summed E-state index contributed by atoms with van der Waals surface area (Å²) in [5.74, 6) is 0.248. The zero-order chi connectivity index (χ0) is 19.5. The number of rotatable bonds is 5. The van der Waals surface area contributed by atoms with Gasteiger partial charge in [-0.05, 0) is 60.6 Å². The van der Waals surface area contributed by atoms with E-state index in [0.717, 1.165) is 41.9 Å². The SMILES string of the molecule is Cc1cc(Cl)c2[nH]cc(CCCC(=O)N3CC=C(c4ccccc4)CC3)c2c1. The molecule has 0 aliphatic carbocycles. The van der Waals surface area contributed by atoms with Crippen LogP contribution in [-0.4, -0.2) is 28.9 Å². The van der Waals surface area contributed by atoms with Gasteiger partial charge < -0.3 is 9.88 Å². The highest BCUT2D eigenvalue weighted by Crippen LogP contribution is 2.28. The predicted molar refractivity (Wildman–Crippen MR) is 117 cm³/mol. The molecule has 144 valence electrons. The summed E-state index contributed by atoms with van der Waals surface area (Å²) in [6.07, 6.45) is 7.46. The Bertz CT molecular complexity index is 1020. The number of carbonyl (C=O) groups excluding carboxylic acids is 1. The van der Waals surface area contributed by atoms with Crippen LogP contribution in [0.25, 0.3) is 16.5 Å². The molecule has 1 aliphatic rings. The van der Waals surface area contributed by atoms with Crippen LogP contribution < -0.4 is 0 Å². The molecule has 3 nitrogen and oxygen atoms in total. The Balaban J connectivity index is 1.33. The second-order valence-electron chi connectivity index (χ2n) is 7.52. The minimum atomic E-state index is 0.248. The monoisotopic (exact) mass is 392 g/mol. The molecule has 1 aromatic heterocycles. The molecule has 4 rings (SSSR count). The molecule has 0 saturated carbocycles. The molecule has 0 bridgehead atoms. The molecule has 0 atom stereocenters. The molecule has 0 spiro atoms. The second kappa shape index (κ2) is 8.24. The Morgan fingerprint density at radius 1 is 1.21 bits per heavy atom. The molecular formula is C24H25ClN2O. The Hall–Kier alpha value is -2.52. The maximum Gasteiger partial charge on any atom is 0.222 e. The fourth-order valence-corrected chi connectivity index (χ4v) is 4.31. The third kappa shape index (κ3) is 4.00. The number of H-pyrrole nitrogens is 1. The van der Waals surface area contributed by atoms with E-state index in [4.69, 9.17) is 11.6 Å². The molecule has 2 heterocycles. The van der Waals surface area contributed by atoms with Crippen molar-refractivity contribution in [2.75, 3.05) is 13.1 Å². The molecular weight excluding hydrogens is 368 g/mol. The average Bonchev–Trinajstić information content (AvgIpc) is 3.12. The number of aromatic nitrogens is 1. The zero-order valence-electron chi connectivity index (χ0n) is 16.2. The first-order valence-corrected chi connectivity index (χ1v) is 10.3. The van der Waals surface area contributed by atoms with Gasteiger partial charge in [-0.1, -0.05) is 48.0 Å². The predicted octanol–water partition coefficient (Wildman–Crippen LogP) is 5.77. The number of aromatic amines is 1. The second-order valence-corrected chi connectivity index (χ2v) is 7.93. The zero-order valence-corrected chi connectivity index (χ0v) is 16.9. The summed E-state index contributed by atoms with van der Waals surface area (Å²) >= 11 is 6.32. The van der Waals surface area contributed by atoms with Crippen molar-refractivity contribution in [3.8, 4) is 0 Å². The quantitative estimate of drug-likeness (QED) is 0.588. The fraction of sp³-hybridized carbons (Fsp3) is 0.292. The average molecular weight is 393 g/mol. The number of benzene rings is 2. The van der Waals surface area contributed by atoms with Crippen molar-refractivity contribution in [2.24, 2.45) is 0 Å². The molecule has 28 heavy (non-hydrogen) atoms. The largest absolute Gasteiger partial charge is 0.360 e. The lowest BCUT2D eigenvalue weighted by Crippen LogP contribution is -2.34. The number of fused-ring (bicyclic) bond motifs is 1. The minimum Gasteiger partial charge on any atom is -0.360 e. The lowest BCUT2D eigenvalue weighted by Gasteiger charge is -2.26. The van der Waals surface area contributed by atoms with Gasteiger partial charge in [0, 0.05) is 31.1 Å². The van der Waals surface area contributed by atoms with Gasteiger partial charge in [0.05, 0.1) is 10.5 Å². The summed E-state index contributed by atoms with van der Waals surface area (Å²) < 4.78 is 0. The van der Waals surface area contributed by atoms with E-state index in [1.54, 1.807) is 0 Å². The summed E-state index contributed by atoms with van der Waals surface area (Å²) in [6.45, 7) is 3.57. The van der Waals surface area contributed by atoms with Gasteiger partial charge in [0.25, 0.3) is 0 Å². The van der Waals surface area contributed by atoms with E-state index in [-0.39, 0.29) is 5.91 Å². The normalized spacial score (nSPS) is 14.4. The van der Waals surface area contributed by atoms with Crippen molar-refractivity contribution in [1.29, 1.82) is 0 Å². The van der Waals surface area contributed by atoms with Crippen molar-refractivity contribution >= 4 is 34.0 Å². The standard InChI is InChI=1S/C24H25ClN2O/c1-17-14-21-20(16-26-24(21)22(25)15-17)8-5-9-23(28)27-12-10-19(11-13-27)18-6-3-2-4-7-18/h2-4,6-7,10,14-16,26H,5,8-9,11-13H2,1H3. The van der Waals surface area contributed by atoms with E-state index in [0.29, 0.717) is 13.0 Å². The first kappa shape index (κ1) is 18.8. The number of amides is 1. The van der Waals surface area contributed by atoms with Crippen LogP contribution in [-0.2, 0) is 11.2 Å². The van der Waals surface area contributed by atoms with Crippen LogP contribution in [0.1, 0.15) is 36.0 Å². The van der Waals surface area contributed by atoms with Gasteiger partial charge >= 0.3 is 0 Å². The Kier molecular flexibility index (Phi) is 5.54. The number of halogens is 1. The first-order valence-electron chi connectivity index (χ1n) is 9.90. The van der Waals surface area contributed by atoms with Crippen LogP contribution >= 0.6 is 11.6 Å². The van der Waals surface area contributed by atoms with E-state index >= 15 is 0 Å². The number of hydrogen-bond acceptors (Lipinski definition) is 1. The Morgan fingerprint density at radius 3 is 2.79 bits per heavy atom. The number of hydrogen-bond donors (Lipinski definition) is 1. The minimum absolute atomic E-state index is 0.248. The molecule has 0 fully saturated rings. The fourth-order valence-electron chi connectivity index (χ4n) is 3.98. The van der Waals surface area contributed by atoms with E-state index in [1.807, 2.05) is 23.2 Å². The Labute approximate surface area is 171 Å². The van der Waals surface area contributed by atoms with Crippen LogP contribution in [0.5, 0.6) is 0 Å². The van der Waals surface area contributed by atoms with E-state index in [1.165, 1.54) is 22.1 Å². The summed E-state index contributed by atoms with van der Waals surface area (Å²) in [5.41, 5.74) is 5.99. The highest BCUT2D eigenvalue weighted by molar-refractivity contribution is 6.35. The van der Waals surface area contributed by atoms with Crippen molar-refractivity contribution in [1.82, 2.24) is 9.88 Å². The van der Waals surface area contributed by atoms with Crippen LogP contribution in [0.3, 0.4) is 0 Å². The highest BCUT2D eigenvalue weighted by Gasteiger charge is 2.18. The van der Waals surface area contributed by atoms with Crippen molar-refractivity contribution in [2.45, 2.75) is 32.6 Å². The van der Waals surface area contributed by atoms with Gasteiger partial charge in [-0.3, -0.25) is 4.79 Å². The highest BCUT2D eigenvalue weighted by atomic mass is 35.5. The van der Waals surface area contributed by atoms with Crippen molar-refractivity contribution in [3.05, 3.63) is 76.5 Å². The summed E-state index contributed by atoms with van der Waals surface area (Å²) in [5, 5.41) is 1.93. The molecule has 1 amide bonds. The van der Waals surface area contributed by atoms with E-state index in [9.17, 15) is 4.79 Å². The third-order valence-corrected chi connectivity index (χ3v) is 5.81. The van der Waals surface area contributed by atoms with Gasteiger partial charge in [-0.25, -0.2) is 0 Å². The topological polar surface area (TPSA) is 36.1 Å². The molecule has 0 radical (unpaired) electrons. The molecule has 1 N–H and O–H groups in total. The summed E-state index contributed by atoms with van der Waals surface area (Å²) in [7, 11) is 0. The molecule has 1 aliphatic heterocycles. The number of carbonyl (C=O) groups is 1. The van der Waals surface area contributed by atoms with Crippen LogP contribution in [0.15, 0.2) is 54.7 Å². The van der Waals surface area contributed by atoms with Gasteiger partial charge in [0.15, 0.2) is 0 Å². The van der Waals surface area contributed by atoms with Crippen LogP contribution in [0.4, 0.5) is 0 Å². The first-order chi connectivity index (χ1) is 13.6. The molecule has 3 aromatic rings. The number of nitrogens with zero attached hydrogens (tertiary/aromatic N) is 1. The van der Waals surface area contributed by atoms with Crippen LogP contribution in [0.2, 0.25) is 5.02 Å². The van der Waals surface area contributed by atoms with Gasteiger partial charge in [0.2, 0.25) is 5.91 Å². The molecule has 4 heteroatoms. The maximum atomic E-state index is 12.6. The van der Waals surface area contributed by atoms with E-state index in [2.05, 4.69) is 48.3 Å². The van der Waals surface area contributed by atoms with Crippen molar-refractivity contribution in [3.63, 3.8) is 0 Å². The number of aryl methyl sites for hydroxylation is 2. The summed E-state index contributed by atoms with van der Waals surface area (Å²) in [4.78, 5) is 17.9. The van der Waals surface area contributed by atoms with Gasteiger partial charge in [0.1, 0.15) is 0 Å². The smallest absolute Gasteiger partial charge is 0.222 e. The number of nitrogens with one attached hydrogen (secondary N) is 1. The lowest BCUT2D eigenvalue weighted by molar-refractivity contribution is -0.130. The van der Waals surface area contributed by atoms with Crippen LogP contribution in [0, 0.1) is 6.92 Å². The van der Waals surface area contributed by atoms with E-state index < -0.39 is 0 Å². The molecule has 0 saturated heterocycles. The summed E-state index contributed by atoms with van der Waals surface area (Å²) in [6, 6.07) is 14.6. The molecule has 2 aromatic carbocycles.